The average molecular weight is 445 g/mol. The summed E-state index contributed by atoms with van der Waals surface area (Å²) in [4.78, 5) is 19.2. The van der Waals surface area contributed by atoms with Crippen LogP contribution in [0.4, 0.5) is 38.1 Å². The van der Waals surface area contributed by atoms with Gasteiger partial charge in [0.05, 0.1) is 5.56 Å². The molecule has 0 spiro atoms. The fraction of sp³-hybridized carbons (Fsp3) is 0.0556. The third-order valence-corrected chi connectivity index (χ3v) is 3.73. The molecular formula is C18H10ClF5N4O2. The summed E-state index contributed by atoms with van der Waals surface area (Å²) >= 11 is 5.64. The third kappa shape index (κ3) is 5.32. The van der Waals surface area contributed by atoms with Crippen LogP contribution in [0.3, 0.4) is 0 Å². The number of hydrogen-bond acceptors (Lipinski definition) is 4. The molecule has 2 aromatic carbocycles. The zero-order valence-corrected chi connectivity index (χ0v) is 15.4. The van der Waals surface area contributed by atoms with E-state index in [2.05, 4.69) is 20.6 Å². The molecule has 1 aromatic heterocycles. The van der Waals surface area contributed by atoms with Gasteiger partial charge in [-0.1, -0.05) is 17.7 Å². The minimum atomic E-state index is -4.59. The number of hydrogen-bond donors (Lipinski definition) is 2. The molecule has 2 amide bonds. The van der Waals surface area contributed by atoms with Crippen molar-refractivity contribution in [2.24, 2.45) is 0 Å². The largest absolute Gasteiger partial charge is 0.433 e. The van der Waals surface area contributed by atoms with E-state index in [1.807, 2.05) is 0 Å². The number of halogens is 6. The maximum absolute atomic E-state index is 14.2. The minimum Gasteiger partial charge on any atom is -0.433 e. The Kier molecular flexibility index (Phi) is 6.01. The first-order chi connectivity index (χ1) is 14.1. The summed E-state index contributed by atoms with van der Waals surface area (Å²) in [5.74, 6) is -3.34. The molecule has 0 saturated heterocycles. The monoisotopic (exact) mass is 444 g/mol. The lowest BCUT2D eigenvalue weighted by molar-refractivity contribution is -0.137. The number of anilines is 2. The van der Waals surface area contributed by atoms with Crippen LogP contribution in [0, 0.1) is 11.6 Å². The van der Waals surface area contributed by atoms with Gasteiger partial charge in [-0.25, -0.2) is 23.5 Å². The lowest BCUT2D eigenvalue weighted by Crippen LogP contribution is -2.20. The Bertz CT molecular complexity index is 1070. The summed E-state index contributed by atoms with van der Waals surface area (Å²) in [7, 11) is 0. The summed E-state index contributed by atoms with van der Waals surface area (Å²) in [5, 5.41) is 4.25. The summed E-state index contributed by atoms with van der Waals surface area (Å²) in [6.07, 6.45) is -3.56. The van der Waals surface area contributed by atoms with E-state index in [1.54, 1.807) is 0 Å². The highest BCUT2D eigenvalue weighted by molar-refractivity contribution is 6.29. The zero-order chi connectivity index (χ0) is 21.9. The van der Waals surface area contributed by atoms with Gasteiger partial charge in [-0.2, -0.15) is 13.2 Å². The number of nitrogens with one attached hydrogen (secondary N) is 2. The Labute approximate surface area is 170 Å². The number of carbonyl (C=O) groups is 1. The number of rotatable bonds is 4. The van der Waals surface area contributed by atoms with Crippen LogP contribution in [0.2, 0.25) is 5.15 Å². The second kappa shape index (κ2) is 8.49. The van der Waals surface area contributed by atoms with E-state index in [4.69, 9.17) is 16.3 Å². The summed E-state index contributed by atoms with van der Waals surface area (Å²) in [6, 6.07) is 5.50. The van der Waals surface area contributed by atoms with Crippen LogP contribution < -0.4 is 15.4 Å². The molecule has 0 saturated carbocycles. The third-order valence-electron chi connectivity index (χ3n) is 3.52. The standard InChI is InChI=1S/C18H10ClF5N4O2/c19-14-7-15(26-8-25-14)30-16-12(20)5-11(6-13(16)21)28-17(29)27-10-3-1-2-9(4-10)18(22,23)24/h1-8H,(H2,27,28,29). The molecule has 0 aliphatic carbocycles. The number of aromatic nitrogens is 2. The molecule has 0 bridgehead atoms. The van der Waals surface area contributed by atoms with Crippen LogP contribution in [0.5, 0.6) is 11.6 Å². The van der Waals surface area contributed by atoms with Crippen molar-refractivity contribution in [3.63, 3.8) is 0 Å². The van der Waals surface area contributed by atoms with Gasteiger partial charge in [-0.3, -0.25) is 0 Å². The van der Waals surface area contributed by atoms with E-state index in [-0.39, 0.29) is 22.4 Å². The van der Waals surface area contributed by atoms with Crippen molar-refractivity contribution in [2.45, 2.75) is 6.18 Å². The van der Waals surface area contributed by atoms with Crippen LogP contribution in [0.1, 0.15) is 5.56 Å². The Morgan fingerprint density at radius 3 is 2.27 bits per heavy atom. The highest BCUT2D eigenvalue weighted by atomic mass is 35.5. The van der Waals surface area contributed by atoms with Crippen LogP contribution in [0.15, 0.2) is 48.8 Å². The van der Waals surface area contributed by atoms with E-state index in [0.29, 0.717) is 6.07 Å². The van der Waals surface area contributed by atoms with Gasteiger partial charge in [0.25, 0.3) is 0 Å². The average Bonchev–Trinajstić information content (AvgIpc) is 2.64. The van der Waals surface area contributed by atoms with E-state index < -0.39 is 35.2 Å². The number of alkyl halides is 3. The van der Waals surface area contributed by atoms with Gasteiger partial charge >= 0.3 is 12.2 Å². The molecule has 2 N–H and O–H groups in total. The molecule has 0 fully saturated rings. The van der Waals surface area contributed by atoms with Crippen molar-refractivity contribution in [1.29, 1.82) is 0 Å². The highest BCUT2D eigenvalue weighted by Gasteiger charge is 2.30. The molecule has 0 aliphatic heterocycles. The molecule has 0 radical (unpaired) electrons. The second-order valence-electron chi connectivity index (χ2n) is 5.71. The molecule has 156 valence electrons. The quantitative estimate of drug-likeness (QED) is 0.390. The van der Waals surface area contributed by atoms with Crippen LogP contribution in [-0.4, -0.2) is 16.0 Å². The highest BCUT2D eigenvalue weighted by Crippen LogP contribution is 2.31. The number of carbonyl (C=O) groups excluding carboxylic acids is 1. The fourth-order valence-electron chi connectivity index (χ4n) is 2.27. The normalized spacial score (nSPS) is 11.1. The number of amides is 2. The molecule has 0 atom stereocenters. The molecule has 0 aliphatic rings. The van der Waals surface area contributed by atoms with Gasteiger partial charge in [0.15, 0.2) is 11.6 Å². The van der Waals surface area contributed by atoms with Crippen LogP contribution in [0.25, 0.3) is 0 Å². The first-order valence-electron chi connectivity index (χ1n) is 8.01. The molecule has 12 heteroatoms. The van der Waals surface area contributed by atoms with Gasteiger partial charge in [0, 0.05) is 29.6 Å². The first-order valence-corrected chi connectivity index (χ1v) is 8.39. The predicted octanol–water partition coefficient (Wildman–Crippen LogP) is 5.86. The Hall–Kier alpha value is -3.47. The fourth-order valence-corrected chi connectivity index (χ4v) is 2.41. The van der Waals surface area contributed by atoms with E-state index in [1.165, 1.54) is 6.07 Å². The molecule has 3 rings (SSSR count). The van der Waals surface area contributed by atoms with Gasteiger partial charge in [0.1, 0.15) is 11.5 Å². The Morgan fingerprint density at radius 1 is 0.967 bits per heavy atom. The van der Waals surface area contributed by atoms with Crippen molar-refractivity contribution >= 4 is 29.0 Å². The van der Waals surface area contributed by atoms with E-state index in [0.717, 1.165) is 36.7 Å². The lowest BCUT2D eigenvalue weighted by Gasteiger charge is -2.12. The van der Waals surface area contributed by atoms with Crippen LogP contribution >= 0.6 is 11.6 Å². The van der Waals surface area contributed by atoms with Crippen molar-refractivity contribution in [2.75, 3.05) is 10.6 Å². The van der Waals surface area contributed by atoms with E-state index >= 15 is 0 Å². The van der Waals surface area contributed by atoms with Crippen molar-refractivity contribution in [3.05, 3.63) is 71.1 Å². The maximum atomic E-state index is 14.2. The smallest absolute Gasteiger partial charge is 0.416 e. The summed E-state index contributed by atoms with van der Waals surface area (Å²) in [5.41, 5.74) is -1.44. The number of nitrogens with zero attached hydrogens (tertiary/aromatic N) is 2. The number of benzene rings is 2. The second-order valence-corrected chi connectivity index (χ2v) is 6.09. The van der Waals surface area contributed by atoms with Crippen molar-refractivity contribution in [3.8, 4) is 11.6 Å². The van der Waals surface area contributed by atoms with Gasteiger partial charge in [0.2, 0.25) is 11.6 Å². The topological polar surface area (TPSA) is 76.1 Å². The zero-order valence-electron chi connectivity index (χ0n) is 14.6. The predicted molar refractivity (Wildman–Crippen MR) is 97.6 cm³/mol. The van der Waals surface area contributed by atoms with Gasteiger partial charge in [-0.05, 0) is 18.2 Å². The first kappa shape index (κ1) is 21.2. The van der Waals surface area contributed by atoms with E-state index in [9.17, 15) is 26.7 Å². The molecule has 3 aromatic rings. The number of urea groups is 1. The van der Waals surface area contributed by atoms with Crippen molar-refractivity contribution < 1.29 is 31.5 Å². The molecular weight excluding hydrogens is 435 g/mol. The SMILES string of the molecule is O=C(Nc1cccc(C(F)(F)F)c1)Nc1cc(F)c(Oc2cc(Cl)ncn2)c(F)c1. The molecule has 0 unspecified atom stereocenters. The van der Waals surface area contributed by atoms with Gasteiger partial charge in [-0.15, -0.1) is 0 Å². The lowest BCUT2D eigenvalue weighted by atomic mass is 10.2. The number of ether oxygens (including phenoxy) is 1. The molecule has 6 nitrogen and oxygen atoms in total. The Morgan fingerprint density at radius 2 is 1.63 bits per heavy atom. The summed E-state index contributed by atoms with van der Waals surface area (Å²) in [6.45, 7) is 0. The minimum absolute atomic E-state index is 0.00892. The maximum Gasteiger partial charge on any atom is 0.416 e. The van der Waals surface area contributed by atoms with Gasteiger partial charge < -0.3 is 15.4 Å². The molecule has 1 heterocycles. The Balaban J connectivity index is 1.72. The summed E-state index contributed by atoms with van der Waals surface area (Å²) < 4.78 is 71.6. The van der Waals surface area contributed by atoms with Crippen molar-refractivity contribution in [1.82, 2.24) is 9.97 Å². The molecule has 30 heavy (non-hydrogen) atoms. The van der Waals surface area contributed by atoms with Crippen LogP contribution in [-0.2, 0) is 6.18 Å².